The molecule has 0 amide bonds. The lowest BCUT2D eigenvalue weighted by Gasteiger charge is -2.36. The molecule has 0 radical (unpaired) electrons. The summed E-state index contributed by atoms with van der Waals surface area (Å²) in [5.41, 5.74) is 5.71. The van der Waals surface area contributed by atoms with Gasteiger partial charge in [-0.25, -0.2) is 9.97 Å². The molecule has 2 aromatic heterocycles. The van der Waals surface area contributed by atoms with Crippen LogP contribution in [0, 0.1) is 13.8 Å². The van der Waals surface area contributed by atoms with Crippen LogP contribution < -0.4 is 9.64 Å². The predicted octanol–water partition coefficient (Wildman–Crippen LogP) is 3.41. The fourth-order valence-electron chi connectivity index (χ4n) is 4.25. The molecular weight excluding hydrogens is 374 g/mol. The minimum atomic E-state index is 0.705. The van der Waals surface area contributed by atoms with Crippen molar-refractivity contribution in [2.24, 2.45) is 0 Å². The highest BCUT2D eigenvalue weighted by Crippen LogP contribution is 2.27. The fraction of sp³-hybridized carbons (Fsp3) is 0.375. The van der Waals surface area contributed by atoms with Gasteiger partial charge in [0.05, 0.1) is 6.61 Å². The highest BCUT2D eigenvalue weighted by molar-refractivity contribution is 5.57. The number of fused-ring (bicyclic) bond motifs is 1. The van der Waals surface area contributed by atoms with Crippen molar-refractivity contribution in [1.29, 1.82) is 0 Å². The Labute approximate surface area is 177 Å². The quantitative estimate of drug-likeness (QED) is 0.668. The third kappa shape index (κ3) is 3.75. The van der Waals surface area contributed by atoms with E-state index in [9.17, 15) is 0 Å². The minimum absolute atomic E-state index is 0.705. The van der Waals surface area contributed by atoms with Crippen molar-refractivity contribution in [3.05, 3.63) is 65.0 Å². The van der Waals surface area contributed by atoms with Crippen molar-refractivity contribution in [1.82, 2.24) is 19.9 Å². The van der Waals surface area contributed by atoms with Gasteiger partial charge in [-0.2, -0.15) is 0 Å². The molecule has 30 heavy (non-hydrogen) atoms. The molecule has 6 heteroatoms. The van der Waals surface area contributed by atoms with Crippen molar-refractivity contribution in [2.45, 2.75) is 26.8 Å². The van der Waals surface area contributed by atoms with Crippen molar-refractivity contribution >= 4 is 5.82 Å². The molecular formula is C24H27N5O. The molecule has 5 rings (SSSR count). The third-order valence-corrected chi connectivity index (χ3v) is 6.09. The molecule has 2 aliphatic rings. The Kier molecular flexibility index (Phi) is 5.09. The summed E-state index contributed by atoms with van der Waals surface area (Å²) < 4.78 is 5.63. The highest BCUT2D eigenvalue weighted by Gasteiger charge is 2.22. The van der Waals surface area contributed by atoms with Gasteiger partial charge in [-0.05, 0) is 43.2 Å². The van der Waals surface area contributed by atoms with Crippen LogP contribution in [0.3, 0.4) is 0 Å². The molecule has 2 aliphatic heterocycles. The van der Waals surface area contributed by atoms with Crippen LogP contribution in [0.1, 0.15) is 22.4 Å². The number of anilines is 1. The number of hydrogen-bond donors (Lipinski definition) is 0. The standard InChI is InChI=1S/C24H27N5O/c1-17-18(2)26-23(21-5-3-4-9-25-21)27-24(17)29-12-10-28(11-13-29)16-19-6-7-22-20(15-19)8-14-30-22/h3-7,9,15H,8,10-14,16H2,1-2H3. The van der Waals surface area contributed by atoms with Crippen molar-refractivity contribution < 1.29 is 4.74 Å². The summed E-state index contributed by atoms with van der Waals surface area (Å²) in [7, 11) is 0. The fourth-order valence-corrected chi connectivity index (χ4v) is 4.25. The summed E-state index contributed by atoms with van der Waals surface area (Å²) >= 11 is 0. The third-order valence-electron chi connectivity index (χ3n) is 6.09. The Balaban J connectivity index is 1.29. The van der Waals surface area contributed by atoms with E-state index in [2.05, 4.69) is 51.8 Å². The molecule has 0 aliphatic carbocycles. The highest BCUT2D eigenvalue weighted by atomic mass is 16.5. The van der Waals surface area contributed by atoms with Crippen molar-refractivity contribution in [2.75, 3.05) is 37.7 Å². The van der Waals surface area contributed by atoms with Crippen LogP contribution in [-0.4, -0.2) is 52.6 Å². The SMILES string of the molecule is Cc1nc(-c2ccccn2)nc(N2CCN(Cc3ccc4c(c3)CCO4)CC2)c1C. The van der Waals surface area contributed by atoms with Gasteiger partial charge in [-0.15, -0.1) is 0 Å². The van der Waals surface area contributed by atoms with E-state index in [-0.39, 0.29) is 0 Å². The van der Waals surface area contributed by atoms with Gasteiger partial charge in [-0.3, -0.25) is 9.88 Å². The molecule has 0 saturated carbocycles. The van der Waals surface area contributed by atoms with Crippen LogP contribution in [-0.2, 0) is 13.0 Å². The maximum absolute atomic E-state index is 5.63. The van der Waals surface area contributed by atoms with E-state index < -0.39 is 0 Å². The molecule has 4 heterocycles. The molecule has 154 valence electrons. The van der Waals surface area contributed by atoms with E-state index in [1.807, 2.05) is 18.2 Å². The van der Waals surface area contributed by atoms with E-state index in [0.29, 0.717) is 5.82 Å². The monoisotopic (exact) mass is 401 g/mol. The molecule has 0 N–H and O–H groups in total. The number of ether oxygens (including phenoxy) is 1. The zero-order valence-electron chi connectivity index (χ0n) is 17.6. The van der Waals surface area contributed by atoms with Crippen LogP contribution in [0.2, 0.25) is 0 Å². The normalized spacial score (nSPS) is 16.4. The summed E-state index contributed by atoms with van der Waals surface area (Å²) in [4.78, 5) is 18.9. The van der Waals surface area contributed by atoms with Gasteiger partial charge in [0.1, 0.15) is 17.3 Å². The second-order valence-corrected chi connectivity index (χ2v) is 8.10. The van der Waals surface area contributed by atoms with Gasteiger partial charge < -0.3 is 9.64 Å². The first-order valence-corrected chi connectivity index (χ1v) is 10.7. The number of hydrogen-bond acceptors (Lipinski definition) is 6. The van der Waals surface area contributed by atoms with E-state index in [1.165, 1.54) is 11.1 Å². The lowest BCUT2D eigenvalue weighted by molar-refractivity contribution is 0.249. The number of piperazine rings is 1. The molecule has 0 unspecified atom stereocenters. The van der Waals surface area contributed by atoms with E-state index in [0.717, 1.165) is 74.3 Å². The van der Waals surface area contributed by atoms with Gasteiger partial charge in [0.15, 0.2) is 5.82 Å². The number of aromatic nitrogens is 3. The Morgan fingerprint density at radius 3 is 2.67 bits per heavy atom. The summed E-state index contributed by atoms with van der Waals surface area (Å²) in [5.74, 6) is 2.80. The van der Waals surface area contributed by atoms with Crippen molar-refractivity contribution in [3.63, 3.8) is 0 Å². The van der Waals surface area contributed by atoms with Crippen LogP contribution in [0.4, 0.5) is 5.82 Å². The van der Waals surface area contributed by atoms with Gasteiger partial charge >= 0.3 is 0 Å². The Hall–Kier alpha value is -2.99. The molecule has 0 spiro atoms. The summed E-state index contributed by atoms with van der Waals surface area (Å²) in [6, 6.07) is 12.5. The second kappa shape index (κ2) is 8.03. The minimum Gasteiger partial charge on any atom is -0.493 e. The van der Waals surface area contributed by atoms with Crippen LogP contribution >= 0.6 is 0 Å². The first-order chi connectivity index (χ1) is 14.7. The molecule has 6 nitrogen and oxygen atoms in total. The van der Waals surface area contributed by atoms with Gasteiger partial charge in [0.25, 0.3) is 0 Å². The first-order valence-electron chi connectivity index (χ1n) is 10.7. The van der Waals surface area contributed by atoms with E-state index in [4.69, 9.17) is 9.72 Å². The van der Waals surface area contributed by atoms with Crippen LogP contribution in [0.25, 0.3) is 11.5 Å². The van der Waals surface area contributed by atoms with Gasteiger partial charge in [-0.1, -0.05) is 18.2 Å². The van der Waals surface area contributed by atoms with Gasteiger partial charge in [0.2, 0.25) is 0 Å². The largest absolute Gasteiger partial charge is 0.493 e. The van der Waals surface area contributed by atoms with Crippen LogP contribution in [0.15, 0.2) is 42.6 Å². The summed E-state index contributed by atoms with van der Waals surface area (Å²) in [5, 5.41) is 0. The molecule has 1 saturated heterocycles. The molecule has 0 bridgehead atoms. The maximum atomic E-state index is 5.63. The molecule has 3 aromatic rings. The Morgan fingerprint density at radius 2 is 1.87 bits per heavy atom. The molecule has 1 aromatic carbocycles. The average molecular weight is 402 g/mol. The maximum Gasteiger partial charge on any atom is 0.180 e. The predicted molar refractivity (Wildman–Crippen MR) is 118 cm³/mol. The zero-order chi connectivity index (χ0) is 20.5. The van der Waals surface area contributed by atoms with E-state index >= 15 is 0 Å². The molecule has 1 fully saturated rings. The lowest BCUT2D eigenvalue weighted by atomic mass is 10.1. The van der Waals surface area contributed by atoms with Crippen LogP contribution in [0.5, 0.6) is 5.75 Å². The van der Waals surface area contributed by atoms with E-state index in [1.54, 1.807) is 6.20 Å². The number of rotatable bonds is 4. The molecule has 0 atom stereocenters. The summed E-state index contributed by atoms with van der Waals surface area (Å²) in [6.45, 7) is 9.95. The zero-order valence-corrected chi connectivity index (χ0v) is 17.6. The second-order valence-electron chi connectivity index (χ2n) is 8.10. The number of nitrogens with zero attached hydrogens (tertiary/aromatic N) is 5. The topological polar surface area (TPSA) is 54.4 Å². The number of benzene rings is 1. The Bertz CT molecular complexity index is 1040. The summed E-state index contributed by atoms with van der Waals surface area (Å²) in [6.07, 6.45) is 2.82. The Morgan fingerprint density at radius 1 is 1.00 bits per heavy atom. The smallest absolute Gasteiger partial charge is 0.180 e. The first kappa shape index (κ1) is 19.0. The van der Waals surface area contributed by atoms with Gasteiger partial charge in [0, 0.05) is 56.6 Å². The lowest BCUT2D eigenvalue weighted by Crippen LogP contribution is -2.46. The average Bonchev–Trinajstić information content (AvgIpc) is 3.25. The van der Waals surface area contributed by atoms with Crippen molar-refractivity contribution in [3.8, 4) is 17.3 Å². The number of pyridine rings is 1. The number of aryl methyl sites for hydroxylation is 1.